The number of thioether (sulfide) groups is 1. The van der Waals surface area contributed by atoms with E-state index in [0.29, 0.717) is 23.7 Å². The summed E-state index contributed by atoms with van der Waals surface area (Å²) < 4.78 is 31.4. The average molecular weight is 896 g/mol. The van der Waals surface area contributed by atoms with Gasteiger partial charge < -0.3 is 14.8 Å². The maximum absolute atomic E-state index is 13.5. The molecule has 0 bridgehead atoms. The number of benzene rings is 5. The van der Waals surface area contributed by atoms with Crippen LogP contribution in [0.3, 0.4) is 0 Å². The molecule has 5 aromatic carbocycles. The maximum Gasteiger partial charge on any atom is 0.293 e. The number of nitrogens with zero attached hydrogens (tertiary/aromatic N) is 4. The van der Waals surface area contributed by atoms with Gasteiger partial charge in [0.1, 0.15) is 5.69 Å². The fraction of sp³-hybridized carbons (Fsp3) is 0.233. The molecule has 2 heterocycles. The largest absolute Gasteiger partial charge is 0.376 e. The number of hydrogen-bond donors (Lipinski definition) is 2. The molecular formula is C43H45Cl3N6O5S2. The van der Waals surface area contributed by atoms with Gasteiger partial charge in [0.25, 0.3) is 21.6 Å². The van der Waals surface area contributed by atoms with E-state index in [-0.39, 0.29) is 47.0 Å². The number of sulfonamides is 1. The molecule has 1 aromatic heterocycles. The van der Waals surface area contributed by atoms with Crippen LogP contribution in [0.2, 0.25) is 5.02 Å². The van der Waals surface area contributed by atoms with Gasteiger partial charge in [-0.15, -0.1) is 36.6 Å². The highest BCUT2D eigenvalue weighted by Crippen LogP contribution is 2.32. The Morgan fingerprint density at radius 1 is 0.915 bits per heavy atom. The zero-order valence-electron chi connectivity index (χ0n) is 32.4. The highest BCUT2D eigenvalue weighted by molar-refractivity contribution is 7.99. The van der Waals surface area contributed by atoms with Crippen molar-refractivity contribution >= 4 is 86.4 Å². The van der Waals surface area contributed by atoms with Crippen LogP contribution in [0, 0.1) is 10.1 Å². The molecular weight excluding hydrogens is 851 g/mol. The van der Waals surface area contributed by atoms with Gasteiger partial charge in [0.2, 0.25) is 0 Å². The molecule has 0 aliphatic carbocycles. The quantitative estimate of drug-likeness (QED) is 0.0589. The summed E-state index contributed by atoms with van der Waals surface area (Å²) in [6, 6.07) is 36.8. The third-order valence-corrected chi connectivity index (χ3v) is 12.8. The van der Waals surface area contributed by atoms with E-state index in [9.17, 15) is 23.3 Å². The summed E-state index contributed by atoms with van der Waals surface area (Å²) >= 11 is 7.77. The van der Waals surface area contributed by atoms with Crippen molar-refractivity contribution in [2.45, 2.75) is 41.9 Å². The second-order valence-corrected chi connectivity index (χ2v) is 17.6. The van der Waals surface area contributed by atoms with Crippen LogP contribution in [-0.4, -0.2) is 72.6 Å². The highest BCUT2D eigenvalue weighted by Gasteiger charge is 2.26. The summed E-state index contributed by atoms with van der Waals surface area (Å²) in [7, 11) is -0.536. The summed E-state index contributed by atoms with van der Waals surface area (Å²) in [5.41, 5.74) is 5.49. The first-order valence-electron chi connectivity index (χ1n) is 18.6. The standard InChI is InChI=1S/C43H43ClN6O5S2.2ClH/c1-47(2)21-20-35(29-56-37-9-4-3-5-10-37)45-40-18-17-38(26-42(40)50(52)53)57(54,55)46-43(51)31-14-19-41-33(24-31)25-36-28-48(22-23-49(36)41)27-32-8-6-7-11-39(32)30-12-15-34(44)16-13-30;;/h3-19,24-26,35,45H,20-23,27-29H2,1-2H3,(H,46,51);2*1H/t35-;;/m1../s1. The van der Waals surface area contributed by atoms with Crippen molar-refractivity contribution in [3.05, 3.63) is 153 Å². The van der Waals surface area contributed by atoms with Gasteiger partial charge in [0.15, 0.2) is 0 Å². The molecule has 310 valence electrons. The number of rotatable bonds is 15. The Hall–Kier alpha value is -4.60. The van der Waals surface area contributed by atoms with E-state index in [1.54, 1.807) is 23.9 Å². The number of nitro benzene ring substituents is 1. The lowest BCUT2D eigenvalue weighted by atomic mass is 9.99. The van der Waals surface area contributed by atoms with Crippen LogP contribution in [0.15, 0.2) is 131 Å². The molecule has 0 spiro atoms. The van der Waals surface area contributed by atoms with E-state index >= 15 is 0 Å². The SMILES string of the molecule is CN(C)CC[C@H](CSc1ccccc1)Nc1ccc(S(=O)(=O)NC(=O)c2ccc3c(c2)cc2n3CCN(Cc3ccccc3-c3ccc(Cl)cc3)C2)cc1[N+](=O)[O-].Cl.Cl. The number of nitrogens with one attached hydrogen (secondary N) is 2. The number of amides is 1. The molecule has 0 fully saturated rings. The van der Waals surface area contributed by atoms with E-state index in [2.05, 4.69) is 31.6 Å². The number of hydrogen-bond acceptors (Lipinski definition) is 9. The van der Waals surface area contributed by atoms with Gasteiger partial charge in [-0.25, -0.2) is 13.1 Å². The summed E-state index contributed by atoms with van der Waals surface area (Å²) in [6.45, 7) is 3.79. The average Bonchev–Trinajstić information content (AvgIpc) is 3.56. The Balaban J connectivity index is 0.00000331. The number of aromatic nitrogens is 1. The Bertz CT molecular complexity index is 2520. The van der Waals surface area contributed by atoms with Gasteiger partial charge in [-0.3, -0.25) is 19.8 Å². The van der Waals surface area contributed by atoms with Crippen molar-refractivity contribution in [2.75, 3.05) is 38.3 Å². The van der Waals surface area contributed by atoms with Crippen molar-refractivity contribution in [1.29, 1.82) is 0 Å². The van der Waals surface area contributed by atoms with Crippen LogP contribution in [0.4, 0.5) is 11.4 Å². The maximum atomic E-state index is 13.5. The zero-order valence-corrected chi connectivity index (χ0v) is 36.4. The fourth-order valence-corrected chi connectivity index (χ4v) is 9.21. The number of carbonyl (C=O) groups is 1. The number of anilines is 1. The molecule has 11 nitrogen and oxygen atoms in total. The Morgan fingerprint density at radius 2 is 1.64 bits per heavy atom. The molecule has 0 radical (unpaired) electrons. The molecule has 1 aliphatic heterocycles. The highest BCUT2D eigenvalue weighted by atomic mass is 35.5. The van der Waals surface area contributed by atoms with Gasteiger partial charge in [-0.2, -0.15) is 0 Å². The van der Waals surface area contributed by atoms with Crippen molar-refractivity contribution in [1.82, 2.24) is 19.1 Å². The predicted molar refractivity (Wildman–Crippen MR) is 243 cm³/mol. The van der Waals surface area contributed by atoms with Crippen LogP contribution in [0.25, 0.3) is 22.0 Å². The van der Waals surface area contributed by atoms with E-state index in [1.165, 1.54) is 17.7 Å². The molecule has 16 heteroatoms. The number of nitro groups is 1. The van der Waals surface area contributed by atoms with Gasteiger partial charge in [0.05, 0.1) is 9.82 Å². The van der Waals surface area contributed by atoms with Crippen LogP contribution < -0.4 is 10.0 Å². The van der Waals surface area contributed by atoms with Crippen molar-refractivity contribution in [2.24, 2.45) is 0 Å². The third-order valence-electron chi connectivity index (χ3n) is 10.0. The first-order chi connectivity index (χ1) is 27.4. The monoisotopic (exact) mass is 894 g/mol. The molecule has 59 heavy (non-hydrogen) atoms. The van der Waals surface area contributed by atoms with Gasteiger partial charge >= 0.3 is 0 Å². The molecule has 0 saturated heterocycles. The van der Waals surface area contributed by atoms with Crippen molar-refractivity contribution < 1.29 is 18.1 Å². The second kappa shape index (κ2) is 20.1. The zero-order chi connectivity index (χ0) is 40.1. The minimum Gasteiger partial charge on any atom is -0.376 e. The van der Waals surface area contributed by atoms with E-state index in [4.69, 9.17) is 11.6 Å². The summed E-state index contributed by atoms with van der Waals surface area (Å²) in [6.07, 6.45) is 0.702. The second-order valence-electron chi connectivity index (χ2n) is 14.4. The topological polar surface area (TPSA) is 130 Å². The van der Waals surface area contributed by atoms with Crippen LogP contribution in [0.1, 0.15) is 28.0 Å². The Labute approximate surface area is 366 Å². The van der Waals surface area contributed by atoms with Crippen molar-refractivity contribution in [3.8, 4) is 11.1 Å². The molecule has 1 aliphatic rings. The lowest BCUT2D eigenvalue weighted by Gasteiger charge is -2.29. The number of halogens is 3. The first kappa shape index (κ1) is 45.5. The lowest BCUT2D eigenvalue weighted by Crippen LogP contribution is -2.33. The lowest BCUT2D eigenvalue weighted by molar-refractivity contribution is -0.384. The van der Waals surface area contributed by atoms with E-state index in [0.717, 1.165) is 64.9 Å². The Kier molecular flexibility index (Phi) is 15.5. The minimum absolute atomic E-state index is 0. The molecule has 1 atom stereocenters. The van der Waals surface area contributed by atoms with Gasteiger partial charge in [-0.1, -0.05) is 66.2 Å². The first-order valence-corrected chi connectivity index (χ1v) is 21.4. The smallest absolute Gasteiger partial charge is 0.293 e. The predicted octanol–water partition coefficient (Wildman–Crippen LogP) is 9.37. The van der Waals surface area contributed by atoms with Crippen LogP contribution in [-0.2, 0) is 29.7 Å². The Morgan fingerprint density at radius 3 is 2.37 bits per heavy atom. The van der Waals surface area contributed by atoms with Crippen molar-refractivity contribution in [3.63, 3.8) is 0 Å². The minimum atomic E-state index is -4.46. The number of fused-ring (bicyclic) bond motifs is 3. The normalized spacial score (nSPS) is 13.2. The van der Waals surface area contributed by atoms with Crippen LogP contribution in [0.5, 0.6) is 0 Å². The molecule has 2 N–H and O–H groups in total. The summed E-state index contributed by atoms with van der Waals surface area (Å²) in [5.74, 6) is -0.189. The molecule has 0 unspecified atom stereocenters. The molecule has 7 rings (SSSR count). The molecule has 0 saturated carbocycles. The van der Waals surface area contributed by atoms with E-state index in [1.807, 2.05) is 97.9 Å². The summed E-state index contributed by atoms with van der Waals surface area (Å²) in [4.78, 5) is 30.2. The summed E-state index contributed by atoms with van der Waals surface area (Å²) in [5, 5.41) is 17.0. The van der Waals surface area contributed by atoms with Gasteiger partial charge in [-0.05, 0) is 104 Å². The molecule has 6 aromatic rings. The van der Waals surface area contributed by atoms with Crippen LogP contribution >= 0.6 is 48.2 Å². The molecule has 1 amide bonds. The fourth-order valence-electron chi connectivity index (χ4n) is 7.10. The van der Waals surface area contributed by atoms with E-state index < -0.39 is 26.5 Å². The van der Waals surface area contributed by atoms with Gasteiger partial charge in [0, 0.05) is 76.1 Å². The third kappa shape index (κ3) is 11.2. The number of carbonyl (C=O) groups excluding carboxylic acids is 1.